The highest BCUT2D eigenvalue weighted by Crippen LogP contribution is 2.38. The fourth-order valence-electron chi connectivity index (χ4n) is 4.04. The van der Waals surface area contributed by atoms with Crippen molar-refractivity contribution in [2.45, 2.75) is 50.1 Å². The molecular formula is C20H23N4O2S+. The van der Waals surface area contributed by atoms with Crippen molar-refractivity contribution in [2.24, 2.45) is 5.92 Å². The molecule has 7 heteroatoms. The molecule has 2 aromatic rings. The minimum atomic E-state index is -0.474. The summed E-state index contributed by atoms with van der Waals surface area (Å²) in [5.41, 5.74) is 1.84. The lowest BCUT2D eigenvalue weighted by atomic mass is 9.86. The maximum Gasteiger partial charge on any atom is 0.471 e. The normalized spacial score (nSPS) is 20.6. The van der Waals surface area contributed by atoms with Gasteiger partial charge < -0.3 is 10.2 Å². The molecule has 0 bridgehead atoms. The summed E-state index contributed by atoms with van der Waals surface area (Å²) < 4.78 is 11.9. The third kappa shape index (κ3) is 3.69. The molecule has 1 N–H and O–H groups in total. The second-order valence-corrected chi connectivity index (χ2v) is 7.92. The van der Waals surface area contributed by atoms with E-state index >= 15 is 0 Å². The first-order chi connectivity index (χ1) is 13.3. The van der Waals surface area contributed by atoms with Gasteiger partial charge in [-0.3, -0.25) is 4.79 Å². The number of benzene rings is 1. The lowest BCUT2D eigenvalue weighted by Gasteiger charge is -2.23. The fraction of sp³-hybridized carbons (Fsp3) is 0.450. The monoisotopic (exact) mass is 383 g/mol. The lowest BCUT2D eigenvalue weighted by molar-refractivity contribution is -0.108. The number of hydrogen-bond acceptors (Lipinski definition) is 6. The van der Waals surface area contributed by atoms with E-state index in [-0.39, 0.29) is 5.25 Å². The summed E-state index contributed by atoms with van der Waals surface area (Å²) in [5.74, 6) is 1.63. The number of carbonyl (C=O) groups excluding carboxylic acids is 1. The summed E-state index contributed by atoms with van der Waals surface area (Å²) in [6, 6.07) is 9.99. The molecule has 1 aliphatic heterocycles. The maximum atomic E-state index is 11.9. The number of nitrogens with zero attached hydrogens (tertiary/aromatic N) is 3. The minimum absolute atomic E-state index is 0.232. The standard InChI is InChI=1S/C20H23N4O2S/c25-13-17-22-16-11-21-19(18(27-26)15-9-5-2-6-10-15)23-20(16)24(17)12-14-7-3-1-4-8-14/h1,3-4,7-8,11,13,15,17-18,22H,2,5-6,9-10,12H2/q+1. The van der Waals surface area contributed by atoms with Gasteiger partial charge in [-0.15, -0.1) is 0 Å². The summed E-state index contributed by atoms with van der Waals surface area (Å²) >= 11 is 0.603. The van der Waals surface area contributed by atoms with E-state index in [4.69, 9.17) is 4.98 Å². The third-order valence-corrected chi connectivity index (χ3v) is 6.26. The molecule has 4 rings (SSSR count). The van der Waals surface area contributed by atoms with Crippen LogP contribution < -0.4 is 10.2 Å². The summed E-state index contributed by atoms with van der Waals surface area (Å²) in [6.45, 7) is 0.569. The third-order valence-electron chi connectivity index (χ3n) is 5.46. The Balaban J connectivity index is 1.64. The van der Waals surface area contributed by atoms with E-state index < -0.39 is 6.17 Å². The van der Waals surface area contributed by atoms with E-state index in [1.54, 1.807) is 6.20 Å². The van der Waals surface area contributed by atoms with E-state index in [2.05, 4.69) is 10.3 Å². The first-order valence-electron chi connectivity index (χ1n) is 9.48. The van der Waals surface area contributed by atoms with Crippen LogP contribution in [0.1, 0.15) is 48.7 Å². The van der Waals surface area contributed by atoms with E-state index in [0.717, 1.165) is 30.4 Å². The van der Waals surface area contributed by atoms with E-state index in [1.807, 2.05) is 35.2 Å². The van der Waals surface area contributed by atoms with Crippen LogP contribution in [0.2, 0.25) is 0 Å². The van der Waals surface area contributed by atoms with Gasteiger partial charge in [0.05, 0.1) is 11.9 Å². The van der Waals surface area contributed by atoms with Crippen LogP contribution in [-0.4, -0.2) is 22.4 Å². The average molecular weight is 383 g/mol. The van der Waals surface area contributed by atoms with E-state index in [9.17, 15) is 9.00 Å². The van der Waals surface area contributed by atoms with Crippen LogP contribution in [0.4, 0.5) is 11.5 Å². The first-order valence-corrected chi connectivity index (χ1v) is 10.3. The molecule has 1 aromatic carbocycles. The number of aldehydes is 1. The van der Waals surface area contributed by atoms with Gasteiger partial charge in [0.1, 0.15) is 0 Å². The Morgan fingerprint density at radius 1 is 1.22 bits per heavy atom. The predicted molar refractivity (Wildman–Crippen MR) is 105 cm³/mol. The number of hydrogen-bond donors (Lipinski definition) is 1. The number of nitrogens with one attached hydrogen (secondary N) is 1. The van der Waals surface area contributed by atoms with Crippen LogP contribution in [0.25, 0.3) is 0 Å². The van der Waals surface area contributed by atoms with Crippen molar-refractivity contribution < 1.29 is 9.00 Å². The van der Waals surface area contributed by atoms with E-state index in [0.29, 0.717) is 35.8 Å². The van der Waals surface area contributed by atoms with Gasteiger partial charge in [0.25, 0.3) is 5.25 Å². The number of carbonyl (C=O) groups is 1. The zero-order valence-corrected chi connectivity index (χ0v) is 15.9. The fourth-order valence-corrected chi connectivity index (χ4v) is 4.67. The van der Waals surface area contributed by atoms with Crippen LogP contribution in [0.3, 0.4) is 0 Å². The topological polar surface area (TPSA) is 75.2 Å². The van der Waals surface area contributed by atoms with Crippen molar-refractivity contribution in [3.05, 3.63) is 47.9 Å². The number of aromatic nitrogens is 2. The van der Waals surface area contributed by atoms with Gasteiger partial charge in [-0.05, 0) is 18.4 Å². The minimum Gasteiger partial charge on any atom is -0.355 e. The van der Waals surface area contributed by atoms with Crippen LogP contribution in [0.15, 0.2) is 36.5 Å². The van der Waals surface area contributed by atoms with Crippen molar-refractivity contribution in [1.82, 2.24) is 9.97 Å². The SMILES string of the molecule is O=CC1Nc2cnc(C([S+]=O)C3CCCCC3)nc2N1Cc1ccccc1. The average Bonchev–Trinajstić information content (AvgIpc) is 3.07. The van der Waals surface area contributed by atoms with Gasteiger partial charge in [0.2, 0.25) is 0 Å². The molecular weight excluding hydrogens is 360 g/mol. The van der Waals surface area contributed by atoms with E-state index in [1.165, 1.54) is 19.3 Å². The second kappa shape index (κ2) is 8.08. The van der Waals surface area contributed by atoms with Gasteiger partial charge in [0.15, 0.2) is 24.1 Å². The predicted octanol–water partition coefficient (Wildman–Crippen LogP) is 3.48. The largest absolute Gasteiger partial charge is 0.471 e. The van der Waals surface area contributed by atoms with Crippen LogP contribution in [0, 0.1) is 5.92 Å². The molecule has 2 atom stereocenters. The molecule has 27 heavy (non-hydrogen) atoms. The first kappa shape index (κ1) is 18.0. The zero-order valence-electron chi connectivity index (χ0n) is 15.1. The Morgan fingerprint density at radius 3 is 2.70 bits per heavy atom. The molecule has 6 nitrogen and oxygen atoms in total. The zero-order chi connectivity index (χ0) is 18.6. The highest BCUT2D eigenvalue weighted by atomic mass is 32.1. The summed E-state index contributed by atoms with van der Waals surface area (Å²) in [6.07, 6.45) is 7.82. The molecule has 0 amide bonds. The molecule has 0 spiro atoms. The Hall–Kier alpha value is -2.41. The van der Waals surface area contributed by atoms with Crippen molar-refractivity contribution in [1.29, 1.82) is 0 Å². The van der Waals surface area contributed by atoms with Crippen molar-refractivity contribution in [3.8, 4) is 0 Å². The molecule has 1 fully saturated rings. The van der Waals surface area contributed by atoms with Gasteiger partial charge >= 0.3 is 11.7 Å². The molecule has 2 unspecified atom stereocenters. The quantitative estimate of drug-likeness (QED) is 0.608. The van der Waals surface area contributed by atoms with Gasteiger partial charge in [-0.25, -0.2) is 9.97 Å². The van der Waals surface area contributed by atoms with Crippen molar-refractivity contribution >= 4 is 29.5 Å². The summed E-state index contributed by atoms with van der Waals surface area (Å²) in [4.78, 5) is 22.8. The molecule has 1 aromatic heterocycles. The highest BCUT2D eigenvalue weighted by Gasteiger charge is 2.40. The van der Waals surface area contributed by atoms with Crippen molar-refractivity contribution in [3.63, 3.8) is 0 Å². The second-order valence-electron chi connectivity index (χ2n) is 7.22. The molecule has 0 saturated heterocycles. The molecule has 140 valence electrons. The molecule has 1 aliphatic carbocycles. The highest BCUT2D eigenvalue weighted by molar-refractivity contribution is 7.65. The van der Waals surface area contributed by atoms with Crippen LogP contribution >= 0.6 is 0 Å². The smallest absolute Gasteiger partial charge is 0.355 e. The summed E-state index contributed by atoms with van der Waals surface area (Å²) in [7, 11) is 0. The van der Waals surface area contributed by atoms with Crippen LogP contribution in [-0.2, 0) is 27.2 Å². The Bertz CT molecular complexity index is 811. The van der Waals surface area contributed by atoms with Crippen LogP contribution in [0.5, 0.6) is 0 Å². The maximum absolute atomic E-state index is 11.9. The number of anilines is 2. The Kier molecular flexibility index (Phi) is 5.38. The lowest BCUT2D eigenvalue weighted by Crippen LogP contribution is -2.36. The molecule has 2 heterocycles. The molecule has 1 saturated carbocycles. The Morgan fingerprint density at radius 2 is 2.00 bits per heavy atom. The van der Waals surface area contributed by atoms with Crippen molar-refractivity contribution in [2.75, 3.05) is 10.2 Å². The summed E-state index contributed by atoms with van der Waals surface area (Å²) in [5, 5.41) is 2.93. The molecule has 2 aliphatic rings. The van der Waals surface area contributed by atoms with Gasteiger partial charge in [0, 0.05) is 16.7 Å². The number of rotatable bonds is 6. The Labute approximate surface area is 162 Å². The van der Waals surface area contributed by atoms with Gasteiger partial charge in [-0.2, -0.15) is 0 Å². The number of fused-ring (bicyclic) bond motifs is 1. The van der Waals surface area contributed by atoms with Gasteiger partial charge in [-0.1, -0.05) is 49.6 Å². The molecule has 0 radical (unpaired) electrons.